The summed E-state index contributed by atoms with van der Waals surface area (Å²) in [6.07, 6.45) is 0. The summed E-state index contributed by atoms with van der Waals surface area (Å²) in [4.78, 5) is 12.1. The molecule has 102 valence electrons. The van der Waals surface area contributed by atoms with E-state index < -0.39 is 0 Å². The zero-order chi connectivity index (χ0) is 13.9. The third-order valence-corrected chi connectivity index (χ3v) is 3.07. The van der Waals surface area contributed by atoms with E-state index in [2.05, 4.69) is 5.32 Å². The highest BCUT2D eigenvalue weighted by atomic mass is 16.7. The number of benzene rings is 2. The van der Waals surface area contributed by atoms with Gasteiger partial charge in [-0.15, -0.1) is 0 Å². The van der Waals surface area contributed by atoms with E-state index in [4.69, 9.17) is 15.2 Å². The van der Waals surface area contributed by atoms with Crippen molar-refractivity contribution in [3.63, 3.8) is 0 Å². The normalized spacial score (nSPS) is 12.2. The summed E-state index contributed by atoms with van der Waals surface area (Å²) in [6, 6.07) is 12.5. The van der Waals surface area contributed by atoms with Crippen LogP contribution < -0.4 is 20.5 Å². The number of carbonyl (C=O) groups excluding carboxylic acids is 1. The van der Waals surface area contributed by atoms with Crippen molar-refractivity contribution in [1.29, 1.82) is 0 Å². The smallest absolute Gasteiger partial charge is 0.251 e. The summed E-state index contributed by atoms with van der Waals surface area (Å²) in [6.45, 7) is 0.652. The summed E-state index contributed by atoms with van der Waals surface area (Å²) in [7, 11) is 0. The summed E-state index contributed by atoms with van der Waals surface area (Å²) in [5.41, 5.74) is 7.86. The summed E-state index contributed by atoms with van der Waals surface area (Å²) < 4.78 is 10.5. The number of carbonyl (C=O) groups is 1. The van der Waals surface area contributed by atoms with Crippen molar-refractivity contribution in [1.82, 2.24) is 5.32 Å². The van der Waals surface area contributed by atoms with Crippen LogP contribution in [0.1, 0.15) is 15.9 Å². The number of hydrogen-bond donors (Lipinski definition) is 2. The zero-order valence-corrected chi connectivity index (χ0v) is 10.8. The molecule has 0 radical (unpaired) electrons. The molecule has 1 amide bonds. The van der Waals surface area contributed by atoms with E-state index in [1.54, 1.807) is 18.2 Å². The number of fused-ring (bicyclic) bond motifs is 1. The first-order valence-corrected chi connectivity index (χ1v) is 6.24. The number of amides is 1. The van der Waals surface area contributed by atoms with Crippen molar-refractivity contribution in [2.45, 2.75) is 6.54 Å². The van der Waals surface area contributed by atoms with E-state index in [9.17, 15) is 4.79 Å². The lowest BCUT2D eigenvalue weighted by molar-refractivity contribution is 0.0950. The first kappa shape index (κ1) is 12.3. The lowest BCUT2D eigenvalue weighted by Gasteiger charge is -2.06. The van der Waals surface area contributed by atoms with Gasteiger partial charge in [-0.25, -0.2) is 0 Å². The molecule has 0 spiro atoms. The van der Waals surface area contributed by atoms with E-state index in [1.165, 1.54) is 0 Å². The Morgan fingerprint density at radius 3 is 2.65 bits per heavy atom. The van der Waals surface area contributed by atoms with Gasteiger partial charge < -0.3 is 20.5 Å². The summed E-state index contributed by atoms with van der Waals surface area (Å²) >= 11 is 0. The van der Waals surface area contributed by atoms with Crippen LogP contribution in [0.2, 0.25) is 0 Å². The molecule has 0 atom stereocenters. The Kier molecular flexibility index (Phi) is 3.16. The highest BCUT2D eigenvalue weighted by Crippen LogP contribution is 2.32. The van der Waals surface area contributed by atoms with E-state index in [0.29, 0.717) is 29.3 Å². The quantitative estimate of drug-likeness (QED) is 0.836. The highest BCUT2D eigenvalue weighted by molar-refractivity contribution is 5.94. The SMILES string of the molecule is Nc1ccc(CNC(=O)c2ccc3c(c2)OCO3)cc1. The van der Waals surface area contributed by atoms with Gasteiger partial charge >= 0.3 is 0 Å². The monoisotopic (exact) mass is 270 g/mol. The van der Waals surface area contributed by atoms with Crippen molar-refractivity contribution in [2.75, 3.05) is 12.5 Å². The topological polar surface area (TPSA) is 73.6 Å². The molecular formula is C15H14N2O3. The minimum absolute atomic E-state index is 0.153. The zero-order valence-electron chi connectivity index (χ0n) is 10.8. The maximum atomic E-state index is 12.1. The van der Waals surface area contributed by atoms with E-state index in [0.717, 1.165) is 5.56 Å². The average molecular weight is 270 g/mol. The Morgan fingerprint density at radius 2 is 1.85 bits per heavy atom. The molecule has 0 aromatic heterocycles. The molecule has 2 aromatic carbocycles. The fourth-order valence-corrected chi connectivity index (χ4v) is 1.96. The lowest BCUT2D eigenvalue weighted by atomic mass is 10.1. The number of anilines is 1. The molecule has 5 nitrogen and oxygen atoms in total. The second kappa shape index (κ2) is 5.13. The second-order valence-electron chi connectivity index (χ2n) is 4.49. The predicted octanol–water partition coefficient (Wildman–Crippen LogP) is 1.93. The molecule has 1 aliphatic rings. The molecule has 0 saturated carbocycles. The Bertz CT molecular complexity index is 638. The molecule has 0 aliphatic carbocycles. The Labute approximate surface area is 116 Å². The highest BCUT2D eigenvalue weighted by Gasteiger charge is 2.15. The van der Waals surface area contributed by atoms with Gasteiger partial charge in [-0.3, -0.25) is 4.79 Å². The van der Waals surface area contributed by atoms with Crippen LogP contribution >= 0.6 is 0 Å². The van der Waals surface area contributed by atoms with Crippen LogP contribution in [-0.2, 0) is 6.54 Å². The van der Waals surface area contributed by atoms with Crippen LogP contribution in [-0.4, -0.2) is 12.7 Å². The van der Waals surface area contributed by atoms with Crippen LogP contribution in [0.15, 0.2) is 42.5 Å². The molecule has 20 heavy (non-hydrogen) atoms. The van der Waals surface area contributed by atoms with Crippen molar-refractivity contribution in [3.05, 3.63) is 53.6 Å². The molecule has 0 unspecified atom stereocenters. The van der Waals surface area contributed by atoms with Crippen LogP contribution in [0.3, 0.4) is 0 Å². The van der Waals surface area contributed by atoms with Gasteiger partial charge in [0.1, 0.15) is 0 Å². The largest absolute Gasteiger partial charge is 0.454 e. The van der Waals surface area contributed by atoms with Gasteiger partial charge in [-0.05, 0) is 35.9 Å². The number of nitrogens with one attached hydrogen (secondary N) is 1. The van der Waals surface area contributed by atoms with E-state index in [-0.39, 0.29) is 12.7 Å². The molecule has 2 aromatic rings. The molecule has 5 heteroatoms. The van der Waals surface area contributed by atoms with Gasteiger partial charge in [0.2, 0.25) is 6.79 Å². The van der Waals surface area contributed by atoms with Crippen LogP contribution in [0.25, 0.3) is 0 Å². The first-order chi connectivity index (χ1) is 9.72. The molecule has 1 aliphatic heterocycles. The van der Waals surface area contributed by atoms with Crippen LogP contribution in [0.4, 0.5) is 5.69 Å². The third kappa shape index (κ3) is 2.51. The minimum atomic E-state index is -0.153. The van der Waals surface area contributed by atoms with Crippen LogP contribution in [0, 0.1) is 0 Å². The van der Waals surface area contributed by atoms with Gasteiger partial charge in [-0.2, -0.15) is 0 Å². The standard InChI is InChI=1S/C15H14N2O3/c16-12-4-1-10(2-5-12)8-17-15(18)11-3-6-13-14(7-11)20-9-19-13/h1-7H,8-9,16H2,(H,17,18). The van der Waals surface area contributed by atoms with E-state index in [1.807, 2.05) is 24.3 Å². The van der Waals surface area contributed by atoms with Gasteiger partial charge in [0.05, 0.1) is 0 Å². The molecule has 1 heterocycles. The Balaban J connectivity index is 1.66. The molecule has 0 fully saturated rings. The average Bonchev–Trinajstić information content (AvgIpc) is 2.93. The van der Waals surface area contributed by atoms with Gasteiger partial charge in [-0.1, -0.05) is 12.1 Å². The summed E-state index contributed by atoms with van der Waals surface area (Å²) in [5.74, 6) is 1.12. The van der Waals surface area contributed by atoms with Crippen molar-refractivity contribution >= 4 is 11.6 Å². The summed E-state index contributed by atoms with van der Waals surface area (Å²) in [5, 5.41) is 2.85. The number of nitrogens with two attached hydrogens (primary N) is 1. The number of rotatable bonds is 3. The van der Waals surface area contributed by atoms with Gasteiger partial charge in [0.15, 0.2) is 11.5 Å². The number of hydrogen-bond acceptors (Lipinski definition) is 4. The number of nitrogen functional groups attached to an aromatic ring is 1. The van der Waals surface area contributed by atoms with Crippen LogP contribution in [0.5, 0.6) is 11.5 Å². The molecular weight excluding hydrogens is 256 g/mol. The maximum Gasteiger partial charge on any atom is 0.251 e. The Morgan fingerprint density at radius 1 is 1.10 bits per heavy atom. The fraction of sp³-hybridized carbons (Fsp3) is 0.133. The predicted molar refractivity (Wildman–Crippen MR) is 74.6 cm³/mol. The van der Waals surface area contributed by atoms with E-state index >= 15 is 0 Å². The first-order valence-electron chi connectivity index (χ1n) is 6.24. The van der Waals surface area contributed by atoms with Crippen molar-refractivity contribution in [2.24, 2.45) is 0 Å². The fourth-order valence-electron chi connectivity index (χ4n) is 1.96. The second-order valence-corrected chi connectivity index (χ2v) is 4.49. The molecule has 0 bridgehead atoms. The minimum Gasteiger partial charge on any atom is -0.454 e. The third-order valence-electron chi connectivity index (χ3n) is 3.07. The van der Waals surface area contributed by atoms with Crippen molar-refractivity contribution < 1.29 is 14.3 Å². The molecule has 3 rings (SSSR count). The maximum absolute atomic E-state index is 12.1. The Hall–Kier alpha value is -2.69. The molecule has 0 saturated heterocycles. The van der Waals surface area contributed by atoms with Gasteiger partial charge in [0, 0.05) is 17.8 Å². The number of ether oxygens (including phenoxy) is 2. The van der Waals surface area contributed by atoms with Crippen molar-refractivity contribution in [3.8, 4) is 11.5 Å². The lowest BCUT2D eigenvalue weighted by Crippen LogP contribution is -2.22. The molecule has 3 N–H and O–H groups in total. The van der Waals surface area contributed by atoms with Gasteiger partial charge in [0.25, 0.3) is 5.91 Å².